The second-order valence-corrected chi connectivity index (χ2v) is 3.91. The smallest absolute Gasteiger partial charge is 0.194 e. The van der Waals surface area contributed by atoms with Gasteiger partial charge in [-0.2, -0.15) is 0 Å². The van der Waals surface area contributed by atoms with Gasteiger partial charge in [0, 0.05) is 10.0 Å². The molecule has 0 heterocycles. The highest BCUT2D eigenvalue weighted by atomic mass is 79.9. The molecule has 0 aliphatic rings. The molecular formula is C10H13BrFNO2. The van der Waals surface area contributed by atoms with E-state index in [-0.39, 0.29) is 5.75 Å². The molecule has 1 aromatic rings. The van der Waals surface area contributed by atoms with E-state index in [4.69, 9.17) is 4.74 Å². The standard InChI is InChI=1S/C10H13BrFNO2/c1-13-4-3-6-7(11)5-8(15-2)10(14)9(6)12/h5,13-14H,3-4H2,1-2H3. The summed E-state index contributed by atoms with van der Waals surface area (Å²) in [5, 5.41) is 12.4. The fourth-order valence-corrected chi connectivity index (χ4v) is 1.84. The van der Waals surface area contributed by atoms with Gasteiger partial charge in [-0.05, 0) is 26.1 Å². The number of phenolic OH excluding ortho intramolecular Hbond substituents is 1. The second-order valence-electron chi connectivity index (χ2n) is 3.06. The van der Waals surface area contributed by atoms with Gasteiger partial charge < -0.3 is 15.2 Å². The summed E-state index contributed by atoms with van der Waals surface area (Å²) in [5.74, 6) is -0.934. The van der Waals surface area contributed by atoms with Crippen molar-refractivity contribution in [3.05, 3.63) is 21.9 Å². The first-order valence-corrected chi connectivity index (χ1v) is 5.29. The maximum Gasteiger partial charge on any atom is 0.194 e. The molecule has 15 heavy (non-hydrogen) atoms. The van der Waals surface area contributed by atoms with Crippen LogP contribution in [0.4, 0.5) is 4.39 Å². The van der Waals surface area contributed by atoms with Crippen molar-refractivity contribution in [1.29, 1.82) is 0 Å². The van der Waals surface area contributed by atoms with Gasteiger partial charge in [-0.3, -0.25) is 0 Å². The van der Waals surface area contributed by atoms with Crippen molar-refractivity contribution in [1.82, 2.24) is 5.32 Å². The lowest BCUT2D eigenvalue weighted by molar-refractivity contribution is 0.355. The zero-order valence-electron chi connectivity index (χ0n) is 8.60. The van der Waals surface area contributed by atoms with Crippen molar-refractivity contribution >= 4 is 15.9 Å². The van der Waals surface area contributed by atoms with E-state index in [1.165, 1.54) is 7.11 Å². The Hall–Kier alpha value is -0.810. The lowest BCUT2D eigenvalue weighted by atomic mass is 10.1. The minimum absolute atomic E-state index is 0.132. The third kappa shape index (κ3) is 2.60. The Bertz CT molecular complexity index is 358. The number of hydrogen-bond donors (Lipinski definition) is 2. The van der Waals surface area contributed by atoms with Gasteiger partial charge >= 0.3 is 0 Å². The summed E-state index contributed by atoms with van der Waals surface area (Å²) in [5.41, 5.74) is 0.447. The van der Waals surface area contributed by atoms with Crippen LogP contribution in [0.1, 0.15) is 5.56 Å². The zero-order chi connectivity index (χ0) is 11.4. The van der Waals surface area contributed by atoms with E-state index in [0.29, 0.717) is 23.0 Å². The average molecular weight is 278 g/mol. The van der Waals surface area contributed by atoms with Crippen molar-refractivity contribution in [3.63, 3.8) is 0 Å². The quantitative estimate of drug-likeness (QED) is 0.885. The Morgan fingerprint density at radius 3 is 2.80 bits per heavy atom. The molecule has 2 N–H and O–H groups in total. The SMILES string of the molecule is CNCCc1c(Br)cc(OC)c(O)c1F. The molecule has 0 spiro atoms. The number of ether oxygens (including phenoxy) is 1. The topological polar surface area (TPSA) is 41.5 Å². The summed E-state index contributed by atoms with van der Waals surface area (Å²) in [6.45, 7) is 0.640. The summed E-state index contributed by atoms with van der Waals surface area (Å²) in [6.07, 6.45) is 0.500. The Labute approximate surface area is 96.4 Å². The second kappa shape index (κ2) is 5.32. The zero-order valence-corrected chi connectivity index (χ0v) is 10.2. The molecule has 0 radical (unpaired) electrons. The number of hydrogen-bond acceptors (Lipinski definition) is 3. The number of benzene rings is 1. The van der Waals surface area contributed by atoms with Crippen molar-refractivity contribution in [2.75, 3.05) is 20.7 Å². The molecule has 0 saturated heterocycles. The first-order chi connectivity index (χ1) is 7.11. The Balaban J connectivity index is 3.11. The molecule has 0 aliphatic carbocycles. The van der Waals surface area contributed by atoms with E-state index in [1.807, 2.05) is 0 Å². The molecule has 0 amide bonds. The number of methoxy groups -OCH3 is 1. The van der Waals surface area contributed by atoms with Gasteiger partial charge in [0.05, 0.1) is 7.11 Å². The maximum atomic E-state index is 13.6. The fourth-order valence-electron chi connectivity index (χ4n) is 1.26. The third-order valence-corrected chi connectivity index (χ3v) is 2.80. The van der Waals surface area contributed by atoms with E-state index in [2.05, 4.69) is 21.2 Å². The van der Waals surface area contributed by atoms with Crippen molar-refractivity contribution in [3.8, 4) is 11.5 Å². The predicted octanol–water partition coefficient (Wildman–Crippen LogP) is 2.06. The monoisotopic (exact) mass is 277 g/mol. The number of nitrogens with one attached hydrogen (secondary N) is 1. The van der Waals surface area contributed by atoms with Gasteiger partial charge in [-0.15, -0.1) is 0 Å². The molecule has 84 valence electrons. The molecule has 5 heteroatoms. The highest BCUT2D eigenvalue weighted by molar-refractivity contribution is 9.10. The fraction of sp³-hybridized carbons (Fsp3) is 0.400. The van der Waals surface area contributed by atoms with E-state index in [0.717, 1.165) is 0 Å². The Morgan fingerprint density at radius 1 is 1.60 bits per heavy atom. The van der Waals surface area contributed by atoms with Crippen LogP contribution in [0.2, 0.25) is 0 Å². The van der Waals surface area contributed by atoms with Gasteiger partial charge in [0.2, 0.25) is 0 Å². The molecular weight excluding hydrogens is 265 g/mol. The van der Waals surface area contributed by atoms with Crippen molar-refractivity contribution in [2.45, 2.75) is 6.42 Å². The first-order valence-electron chi connectivity index (χ1n) is 4.50. The molecule has 1 rings (SSSR count). The molecule has 0 atom stereocenters. The van der Waals surface area contributed by atoms with Crippen molar-refractivity contribution in [2.24, 2.45) is 0 Å². The molecule has 1 aromatic carbocycles. The van der Waals surface area contributed by atoms with Gasteiger partial charge in [0.15, 0.2) is 17.3 Å². The van der Waals surface area contributed by atoms with E-state index < -0.39 is 11.6 Å². The number of halogens is 2. The predicted molar refractivity (Wildman–Crippen MR) is 59.9 cm³/mol. The van der Waals surface area contributed by atoms with Crippen LogP contribution in [0.5, 0.6) is 11.5 Å². The lowest BCUT2D eigenvalue weighted by Crippen LogP contribution is -2.11. The van der Waals surface area contributed by atoms with Crippen LogP contribution in [0.25, 0.3) is 0 Å². The summed E-state index contributed by atoms with van der Waals surface area (Å²) >= 11 is 3.24. The molecule has 0 bridgehead atoms. The third-order valence-electron chi connectivity index (χ3n) is 2.10. The van der Waals surface area contributed by atoms with E-state index in [1.54, 1.807) is 13.1 Å². The molecule has 3 nitrogen and oxygen atoms in total. The van der Waals surface area contributed by atoms with Crippen molar-refractivity contribution < 1.29 is 14.2 Å². The van der Waals surface area contributed by atoms with Crippen LogP contribution >= 0.6 is 15.9 Å². The number of aromatic hydroxyl groups is 1. The van der Waals surface area contributed by atoms with Crippen LogP contribution in [0.15, 0.2) is 10.5 Å². The van der Waals surface area contributed by atoms with Gasteiger partial charge in [-0.25, -0.2) is 4.39 Å². The van der Waals surface area contributed by atoms with Crippen LogP contribution in [-0.4, -0.2) is 25.8 Å². The van der Waals surface area contributed by atoms with Gasteiger partial charge in [0.1, 0.15) is 0 Å². The molecule has 0 aliphatic heterocycles. The van der Waals surface area contributed by atoms with Crippen LogP contribution < -0.4 is 10.1 Å². The normalized spacial score (nSPS) is 10.4. The van der Waals surface area contributed by atoms with E-state index >= 15 is 0 Å². The highest BCUT2D eigenvalue weighted by Gasteiger charge is 2.16. The minimum Gasteiger partial charge on any atom is -0.502 e. The average Bonchev–Trinajstić information content (AvgIpc) is 2.23. The summed E-state index contributed by atoms with van der Waals surface area (Å²) in [4.78, 5) is 0. The summed E-state index contributed by atoms with van der Waals surface area (Å²) in [7, 11) is 3.17. The number of phenols is 1. The molecule has 0 aromatic heterocycles. The van der Waals surface area contributed by atoms with Crippen LogP contribution in [0, 0.1) is 5.82 Å². The summed E-state index contributed by atoms with van der Waals surface area (Å²) in [6, 6.07) is 1.56. The maximum absolute atomic E-state index is 13.6. The van der Waals surface area contributed by atoms with E-state index in [9.17, 15) is 9.50 Å². The highest BCUT2D eigenvalue weighted by Crippen LogP contribution is 2.36. The molecule has 0 fully saturated rings. The summed E-state index contributed by atoms with van der Waals surface area (Å²) < 4.78 is 19.1. The van der Waals surface area contributed by atoms with Gasteiger partial charge in [0.25, 0.3) is 0 Å². The van der Waals surface area contributed by atoms with Gasteiger partial charge in [-0.1, -0.05) is 15.9 Å². The molecule has 0 unspecified atom stereocenters. The Kier molecular flexibility index (Phi) is 4.35. The number of likely N-dealkylation sites (N-methyl/N-ethyl adjacent to an activating group) is 1. The number of rotatable bonds is 4. The Morgan fingerprint density at radius 2 is 2.27 bits per heavy atom. The van der Waals surface area contributed by atoms with Crippen LogP contribution in [-0.2, 0) is 6.42 Å². The lowest BCUT2D eigenvalue weighted by Gasteiger charge is -2.10. The largest absolute Gasteiger partial charge is 0.502 e. The first kappa shape index (κ1) is 12.3. The molecule has 0 saturated carbocycles. The minimum atomic E-state index is -0.628. The van der Waals surface area contributed by atoms with Crippen LogP contribution in [0.3, 0.4) is 0 Å².